The van der Waals surface area contributed by atoms with Gasteiger partial charge in [0, 0.05) is 5.69 Å². The first-order chi connectivity index (χ1) is 9.54. The third kappa shape index (κ3) is 3.82. The molecule has 0 bridgehead atoms. The van der Waals surface area contributed by atoms with Crippen LogP contribution in [0, 0.1) is 5.82 Å². The molecule has 20 heavy (non-hydrogen) atoms. The Hall–Kier alpha value is -2.35. The molecule has 0 atom stereocenters. The molecule has 0 aromatic heterocycles. The standard InChI is InChI=1S/C12H9FN4O2S/c1-7-11(19)15-12(17-16-7)20-6-10(18)14-9-4-2-8(13)3-5-9/h2-5H,1,6H2,(H,14,18). The molecule has 102 valence electrons. The van der Waals surface area contributed by atoms with E-state index in [1.165, 1.54) is 24.3 Å². The van der Waals surface area contributed by atoms with Gasteiger partial charge in [-0.25, -0.2) is 4.39 Å². The van der Waals surface area contributed by atoms with E-state index in [-0.39, 0.29) is 28.3 Å². The quantitative estimate of drug-likeness (QED) is 0.868. The van der Waals surface area contributed by atoms with Crippen LogP contribution in [0.3, 0.4) is 0 Å². The maximum absolute atomic E-state index is 12.7. The van der Waals surface area contributed by atoms with Crippen LogP contribution < -0.4 is 5.32 Å². The van der Waals surface area contributed by atoms with Gasteiger partial charge in [-0.15, -0.1) is 10.2 Å². The van der Waals surface area contributed by atoms with Crippen LogP contribution in [-0.4, -0.2) is 22.7 Å². The molecule has 6 nitrogen and oxygen atoms in total. The zero-order chi connectivity index (χ0) is 14.5. The Morgan fingerprint density at radius 1 is 1.30 bits per heavy atom. The number of benzene rings is 1. The lowest BCUT2D eigenvalue weighted by molar-refractivity contribution is -0.115. The summed E-state index contributed by atoms with van der Waals surface area (Å²) in [6.07, 6.45) is 0. The van der Waals surface area contributed by atoms with Gasteiger partial charge in [-0.05, 0) is 24.3 Å². The molecule has 1 aromatic rings. The number of carbonyl (C=O) groups excluding carboxylic acids is 2. The molecule has 0 spiro atoms. The summed E-state index contributed by atoms with van der Waals surface area (Å²) in [7, 11) is 0. The summed E-state index contributed by atoms with van der Waals surface area (Å²) >= 11 is 0.975. The number of rotatable bonds is 3. The molecule has 1 aliphatic heterocycles. The summed E-state index contributed by atoms with van der Waals surface area (Å²) in [6.45, 7) is 3.35. The number of amidine groups is 1. The lowest BCUT2D eigenvalue weighted by Crippen LogP contribution is -2.15. The fraction of sp³-hybridized carbons (Fsp3) is 0.0833. The van der Waals surface area contributed by atoms with Gasteiger partial charge in [-0.2, -0.15) is 4.99 Å². The van der Waals surface area contributed by atoms with Crippen LogP contribution in [-0.2, 0) is 9.59 Å². The number of nitrogens with zero attached hydrogens (tertiary/aromatic N) is 3. The molecule has 0 aliphatic carbocycles. The number of thioether (sulfide) groups is 1. The van der Waals surface area contributed by atoms with Crippen molar-refractivity contribution in [3.05, 3.63) is 42.4 Å². The van der Waals surface area contributed by atoms with E-state index in [9.17, 15) is 14.0 Å². The molecule has 2 rings (SSSR count). The lowest BCUT2D eigenvalue weighted by atomic mass is 10.3. The minimum Gasteiger partial charge on any atom is -0.325 e. The molecule has 1 heterocycles. The number of carbonyl (C=O) groups is 2. The number of amides is 2. The molecule has 1 aliphatic rings. The average molecular weight is 292 g/mol. The monoisotopic (exact) mass is 292 g/mol. The van der Waals surface area contributed by atoms with Crippen LogP contribution >= 0.6 is 11.8 Å². The molecule has 1 N–H and O–H groups in total. The van der Waals surface area contributed by atoms with Crippen molar-refractivity contribution in [2.24, 2.45) is 15.2 Å². The highest BCUT2D eigenvalue weighted by Crippen LogP contribution is 2.15. The third-order valence-electron chi connectivity index (χ3n) is 2.16. The second-order valence-electron chi connectivity index (χ2n) is 3.69. The Morgan fingerprint density at radius 3 is 2.65 bits per heavy atom. The molecule has 0 fully saturated rings. The van der Waals surface area contributed by atoms with Crippen molar-refractivity contribution < 1.29 is 14.0 Å². The summed E-state index contributed by atoms with van der Waals surface area (Å²) in [6, 6.07) is 5.38. The third-order valence-corrected chi connectivity index (χ3v) is 3.00. The summed E-state index contributed by atoms with van der Waals surface area (Å²) in [5, 5.41) is 9.84. The smallest absolute Gasteiger partial charge is 0.299 e. The minimum absolute atomic E-state index is 0.00891. The van der Waals surface area contributed by atoms with Crippen molar-refractivity contribution in [3.8, 4) is 0 Å². The van der Waals surface area contributed by atoms with E-state index in [1.54, 1.807) is 0 Å². The number of azo groups is 1. The van der Waals surface area contributed by atoms with E-state index in [4.69, 9.17) is 0 Å². The van der Waals surface area contributed by atoms with E-state index in [0.717, 1.165) is 11.8 Å². The van der Waals surface area contributed by atoms with Crippen LogP contribution in [0.1, 0.15) is 0 Å². The van der Waals surface area contributed by atoms with Crippen molar-refractivity contribution in [1.29, 1.82) is 0 Å². The number of hydrogen-bond donors (Lipinski definition) is 1. The average Bonchev–Trinajstić information content (AvgIpc) is 2.43. The highest BCUT2D eigenvalue weighted by molar-refractivity contribution is 8.14. The van der Waals surface area contributed by atoms with Crippen molar-refractivity contribution in [1.82, 2.24) is 0 Å². The number of halogens is 1. The molecule has 0 saturated carbocycles. The Balaban J connectivity index is 1.85. The van der Waals surface area contributed by atoms with Crippen LogP contribution in [0.4, 0.5) is 10.1 Å². The fourth-order valence-corrected chi connectivity index (χ4v) is 1.82. The summed E-state index contributed by atoms with van der Waals surface area (Å²) in [5.41, 5.74) is 0.443. The van der Waals surface area contributed by atoms with Gasteiger partial charge >= 0.3 is 0 Å². The van der Waals surface area contributed by atoms with Crippen LogP contribution in [0.5, 0.6) is 0 Å². The Morgan fingerprint density at radius 2 is 2.00 bits per heavy atom. The first kappa shape index (κ1) is 14.1. The molecule has 0 saturated heterocycles. The van der Waals surface area contributed by atoms with E-state index >= 15 is 0 Å². The second kappa shape index (κ2) is 6.20. The van der Waals surface area contributed by atoms with Gasteiger partial charge in [-0.3, -0.25) is 9.59 Å². The highest BCUT2D eigenvalue weighted by atomic mass is 32.2. The van der Waals surface area contributed by atoms with Gasteiger partial charge in [0.15, 0.2) is 0 Å². The van der Waals surface area contributed by atoms with E-state index in [1.807, 2.05) is 0 Å². The number of hydrogen-bond acceptors (Lipinski definition) is 5. The number of anilines is 1. The second-order valence-corrected chi connectivity index (χ2v) is 4.63. The van der Waals surface area contributed by atoms with Gasteiger partial charge < -0.3 is 5.32 Å². The van der Waals surface area contributed by atoms with Gasteiger partial charge in [-0.1, -0.05) is 18.3 Å². The van der Waals surface area contributed by atoms with Gasteiger partial charge in [0.2, 0.25) is 11.1 Å². The van der Waals surface area contributed by atoms with Crippen molar-refractivity contribution in [2.75, 3.05) is 11.1 Å². The summed E-state index contributed by atoms with van der Waals surface area (Å²) in [5.74, 6) is -1.26. The Labute approximate surface area is 117 Å². The Kier molecular flexibility index (Phi) is 4.36. The highest BCUT2D eigenvalue weighted by Gasteiger charge is 2.14. The van der Waals surface area contributed by atoms with Crippen molar-refractivity contribution >= 4 is 34.4 Å². The van der Waals surface area contributed by atoms with Gasteiger partial charge in [0.25, 0.3) is 5.91 Å². The summed E-state index contributed by atoms with van der Waals surface area (Å²) < 4.78 is 12.7. The van der Waals surface area contributed by atoms with Crippen LogP contribution in [0.25, 0.3) is 0 Å². The molecule has 2 amide bonds. The predicted molar refractivity (Wildman–Crippen MR) is 73.9 cm³/mol. The van der Waals surface area contributed by atoms with Crippen LogP contribution in [0.15, 0.2) is 51.8 Å². The molecule has 8 heteroatoms. The molecular formula is C12H9FN4O2S. The van der Waals surface area contributed by atoms with E-state index in [0.29, 0.717) is 5.69 Å². The molecule has 0 unspecified atom stereocenters. The van der Waals surface area contributed by atoms with Crippen LogP contribution in [0.2, 0.25) is 0 Å². The SMILES string of the molecule is C=C1N=NC(SCC(=O)Nc2ccc(F)cc2)=NC1=O. The van der Waals surface area contributed by atoms with Gasteiger partial charge in [0.1, 0.15) is 11.5 Å². The largest absolute Gasteiger partial charge is 0.325 e. The van der Waals surface area contributed by atoms with Gasteiger partial charge in [0.05, 0.1) is 5.75 Å². The maximum atomic E-state index is 12.7. The molecule has 1 aromatic carbocycles. The summed E-state index contributed by atoms with van der Waals surface area (Å²) in [4.78, 5) is 26.4. The van der Waals surface area contributed by atoms with E-state index < -0.39 is 5.91 Å². The maximum Gasteiger partial charge on any atom is 0.299 e. The fourth-order valence-electron chi connectivity index (χ4n) is 1.24. The Bertz CT molecular complexity index is 625. The van der Waals surface area contributed by atoms with Crippen molar-refractivity contribution in [2.45, 2.75) is 0 Å². The first-order valence-corrected chi connectivity index (χ1v) is 6.45. The van der Waals surface area contributed by atoms with E-state index in [2.05, 4.69) is 27.1 Å². The normalized spacial score (nSPS) is 14.2. The topological polar surface area (TPSA) is 83.2 Å². The zero-order valence-corrected chi connectivity index (χ0v) is 11.0. The molecular weight excluding hydrogens is 283 g/mol. The predicted octanol–water partition coefficient (Wildman–Crippen LogP) is 2.36. The lowest BCUT2D eigenvalue weighted by Gasteiger charge is -2.06. The van der Waals surface area contributed by atoms with Crippen molar-refractivity contribution in [3.63, 3.8) is 0 Å². The molecule has 0 radical (unpaired) electrons. The number of aliphatic imine (C=N–C) groups is 1. The first-order valence-electron chi connectivity index (χ1n) is 5.46. The minimum atomic E-state index is -0.568. The number of nitrogens with one attached hydrogen (secondary N) is 1. The zero-order valence-electron chi connectivity index (χ0n) is 10.2.